The summed E-state index contributed by atoms with van der Waals surface area (Å²) in [5, 5.41) is 2.83. The number of amides is 2. The second-order valence-corrected chi connectivity index (χ2v) is 11.4. The molecule has 0 saturated heterocycles. The van der Waals surface area contributed by atoms with Crippen LogP contribution in [0.15, 0.2) is 88.2 Å². The Balaban J connectivity index is 2.04. The van der Waals surface area contributed by atoms with Crippen molar-refractivity contribution in [3.8, 4) is 5.75 Å². The lowest BCUT2D eigenvalue weighted by Gasteiger charge is -2.32. The molecule has 1 N–H and O–H groups in total. The maximum Gasteiger partial charge on any atom is 0.264 e. The van der Waals surface area contributed by atoms with Gasteiger partial charge in [0.2, 0.25) is 11.8 Å². The summed E-state index contributed by atoms with van der Waals surface area (Å²) in [5.74, 6) is -0.549. The first-order chi connectivity index (χ1) is 18.2. The second kappa shape index (κ2) is 13.4. The maximum atomic E-state index is 13.9. The highest BCUT2D eigenvalue weighted by atomic mass is 79.9. The van der Waals surface area contributed by atoms with Crippen molar-refractivity contribution in [2.75, 3.05) is 24.5 Å². The normalized spacial score (nSPS) is 11.9. The fourth-order valence-electron chi connectivity index (χ4n) is 3.88. The largest absolute Gasteiger partial charge is 0.495 e. The summed E-state index contributed by atoms with van der Waals surface area (Å²) < 4.78 is 34.9. The van der Waals surface area contributed by atoms with Crippen molar-refractivity contribution >= 4 is 43.5 Å². The van der Waals surface area contributed by atoms with Gasteiger partial charge in [0.25, 0.3) is 10.0 Å². The van der Waals surface area contributed by atoms with Crippen molar-refractivity contribution in [1.29, 1.82) is 0 Å². The van der Waals surface area contributed by atoms with Crippen LogP contribution in [0.4, 0.5) is 5.69 Å². The van der Waals surface area contributed by atoms with Gasteiger partial charge in [-0.1, -0.05) is 65.3 Å². The van der Waals surface area contributed by atoms with Crippen LogP contribution in [-0.4, -0.2) is 51.4 Å². The number of hydrogen-bond donors (Lipinski definition) is 1. The molecule has 0 bridgehead atoms. The number of halogens is 1. The van der Waals surface area contributed by atoms with Crippen LogP contribution in [0.3, 0.4) is 0 Å². The number of methoxy groups -OCH3 is 1. The monoisotopic (exact) mass is 601 g/mol. The molecule has 38 heavy (non-hydrogen) atoms. The molecule has 0 fully saturated rings. The first kappa shape index (κ1) is 29.2. The molecule has 10 heteroatoms. The number of anilines is 1. The number of sulfonamides is 1. The van der Waals surface area contributed by atoms with Gasteiger partial charge in [-0.25, -0.2) is 8.42 Å². The van der Waals surface area contributed by atoms with Crippen LogP contribution in [0.25, 0.3) is 0 Å². The fourth-order valence-corrected chi connectivity index (χ4v) is 5.77. The molecule has 0 aromatic heterocycles. The van der Waals surface area contributed by atoms with Gasteiger partial charge in [-0.05, 0) is 55.3 Å². The van der Waals surface area contributed by atoms with Crippen molar-refractivity contribution in [2.45, 2.75) is 37.8 Å². The Hall–Kier alpha value is -3.37. The average molecular weight is 603 g/mol. The predicted molar refractivity (Wildman–Crippen MR) is 151 cm³/mol. The summed E-state index contributed by atoms with van der Waals surface area (Å²) in [6, 6.07) is 21.1. The van der Waals surface area contributed by atoms with Gasteiger partial charge in [0.15, 0.2) is 0 Å². The molecule has 0 heterocycles. The zero-order valence-electron chi connectivity index (χ0n) is 21.6. The number of rotatable bonds is 12. The van der Waals surface area contributed by atoms with Gasteiger partial charge in [-0.2, -0.15) is 0 Å². The Morgan fingerprint density at radius 2 is 1.68 bits per heavy atom. The molecule has 3 aromatic carbocycles. The van der Waals surface area contributed by atoms with E-state index in [9.17, 15) is 18.0 Å². The molecule has 0 aliphatic rings. The van der Waals surface area contributed by atoms with E-state index in [0.29, 0.717) is 12.3 Å². The average Bonchev–Trinajstić information content (AvgIpc) is 2.93. The Morgan fingerprint density at radius 1 is 1.00 bits per heavy atom. The molecule has 3 aromatic rings. The summed E-state index contributed by atoms with van der Waals surface area (Å²) in [4.78, 5) is 28.2. The summed E-state index contributed by atoms with van der Waals surface area (Å²) in [7, 11) is -2.72. The first-order valence-electron chi connectivity index (χ1n) is 12.2. The van der Waals surface area contributed by atoms with E-state index >= 15 is 0 Å². The van der Waals surface area contributed by atoms with Crippen molar-refractivity contribution < 1.29 is 22.7 Å². The third kappa shape index (κ3) is 7.14. The molecule has 0 unspecified atom stereocenters. The van der Waals surface area contributed by atoms with Crippen LogP contribution >= 0.6 is 15.9 Å². The third-order valence-corrected chi connectivity index (χ3v) is 8.19. The summed E-state index contributed by atoms with van der Waals surface area (Å²) in [6.07, 6.45) is 0.745. The van der Waals surface area contributed by atoms with E-state index in [1.165, 1.54) is 24.1 Å². The molecular weight excluding hydrogens is 570 g/mol. The Labute approximate surface area is 232 Å². The molecule has 1 atom stereocenters. The molecule has 8 nitrogen and oxygen atoms in total. The number of nitrogens with one attached hydrogen (secondary N) is 1. The SMILES string of the molecule is CCCNC(=O)[C@@H](C)N(Cc1cccc(Br)c1)C(=O)CN(c1ccccc1OC)S(=O)(=O)c1ccccc1. The molecule has 2 amide bonds. The molecule has 3 rings (SSSR count). The molecule has 202 valence electrons. The number of carbonyl (C=O) groups excluding carboxylic acids is 2. The van der Waals surface area contributed by atoms with Gasteiger partial charge < -0.3 is 15.0 Å². The minimum Gasteiger partial charge on any atom is -0.495 e. The van der Waals surface area contributed by atoms with E-state index in [0.717, 1.165) is 20.8 Å². The standard InChI is InChI=1S/C28H32BrN3O5S/c1-4-17-30-28(34)21(2)31(19-22-11-10-12-23(29)18-22)27(33)20-32(25-15-8-9-16-26(25)37-3)38(35,36)24-13-6-5-7-14-24/h5-16,18,21H,4,17,19-20H2,1-3H3,(H,30,34)/t21-/m1/s1. The number of carbonyl (C=O) groups is 2. The van der Waals surface area contributed by atoms with Gasteiger partial charge in [0, 0.05) is 17.6 Å². The highest BCUT2D eigenvalue weighted by Crippen LogP contribution is 2.32. The molecule has 0 aliphatic heterocycles. The molecule has 0 radical (unpaired) electrons. The van der Waals surface area contributed by atoms with Crippen molar-refractivity contribution in [2.24, 2.45) is 0 Å². The van der Waals surface area contributed by atoms with E-state index in [1.807, 2.05) is 31.2 Å². The van der Waals surface area contributed by atoms with Gasteiger partial charge in [0.05, 0.1) is 17.7 Å². The lowest BCUT2D eigenvalue weighted by Crippen LogP contribution is -2.51. The predicted octanol–water partition coefficient (Wildman–Crippen LogP) is 4.60. The zero-order chi connectivity index (χ0) is 27.7. The minimum atomic E-state index is -4.16. The maximum absolute atomic E-state index is 13.9. The van der Waals surface area contributed by atoms with Crippen molar-refractivity contribution in [3.05, 3.63) is 88.9 Å². The van der Waals surface area contributed by atoms with Crippen LogP contribution in [-0.2, 0) is 26.2 Å². The van der Waals surface area contributed by atoms with Crippen molar-refractivity contribution in [1.82, 2.24) is 10.2 Å². The lowest BCUT2D eigenvalue weighted by atomic mass is 10.1. The smallest absolute Gasteiger partial charge is 0.264 e. The van der Waals surface area contributed by atoms with Crippen LogP contribution in [0.5, 0.6) is 5.75 Å². The number of ether oxygens (including phenoxy) is 1. The Bertz CT molecular complexity index is 1350. The van der Waals surface area contributed by atoms with E-state index < -0.39 is 28.5 Å². The Morgan fingerprint density at radius 3 is 2.34 bits per heavy atom. The van der Waals surface area contributed by atoms with E-state index in [2.05, 4.69) is 21.2 Å². The quantitative estimate of drug-likeness (QED) is 0.327. The van der Waals surface area contributed by atoms with Crippen LogP contribution in [0.2, 0.25) is 0 Å². The summed E-state index contributed by atoms with van der Waals surface area (Å²) in [5.41, 5.74) is 1.01. The van der Waals surface area contributed by atoms with Crippen molar-refractivity contribution in [3.63, 3.8) is 0 Å². The van der Waals surface area contributed by atoms with Crippen LogP contribution < -0.4 is 14.4 Å². The van der Waals surface area contributed by atoms with Gasteiger partial charge in [-0.3, -0.25) is 13.9 Å². The minimum absolute atomic E-state index is 0.0333. The van der Waals surface area contributed by atoms with E-state index in [1.54, 1.807) is 49.4 Å². The number of nitrogens with zero attached hydrogens (tertiary/aromatic N) is 2. The number of hydrogen-bond acceptors (Lipinski definition) is 5. The summed E-state index contributed by atoms with van der Waals surface area (Å²) >= 11 is 3.44. The highest BCUT2D eigenvalue weighted by Gasteiger charge is 2.33. The molecular formula is C28H32BrN3O5S. The molecule has 0 spiro atoms. The van der Waals surface area contributed by atoms with Crippen LogP contribution in [0.1, 0.15) is 25.8 Å². The topological polar surface area (TPSA) is 96.0 Å². The van der Waals surface area contributed by atoms with E-state index in [4.69, 9.17) is 4.74 Å². The zero-order valence-corrected chi connectivity index (χ0v) is 24.0. The first-order valence-corrected chi connectivity index (χ1v) is 14.4. The molecule has 0 aliphatic carbocycles. The second-order valence-electron chi connectivity index (χ2n) is 8.62. The fraction of sp³-hybridized carbons (Fsp3) is 0.286. The van der Waals surface area contributed by atoms with E-state index in [-0.39, 0.29) is 23.0 Å². The van der Waals surface area contributed by atoms with Crippen LogP contribution in [0, 0.1) is 0 Å². The third-order valence-electron chi connectivity index (χ3n) is 5.92. The Kier molecular flexibility index (Phi) is 10.3. The summed E-state index contributed by atoms with van der Waals surface area (Å²) in [6.45, 7) is 3.63. The highest BCUT2D eigenvalue weighted by molar-refractivity contribution is 9.10. The van der Waals surface area contributed by atoms with Gasteiger partial charge >= 0.3 is 0 Å². The number of benzene rings is 3. The lowest BCUT2D eigenvalue weighted by molar-refractivity contribution is -0.139. The number of para-hydroxylation sites is 2. The van der Waals surface area contributed by atoms with Gasteiger partial charge in [0.1, 0.15) is 18.3 Å². The van der Waals surface area contributed by atoms with Gasteiger partial charge in [-0.15, -0.1) is 0 Å². The molecule has 0 saturated carbocycles.